The summed E-state index contributed by atoms with van der Waals surface area (Å²) in [7, 11) is 0. The van der Waals surface area contributed by atoms with Gasteiger partial charge in [-0.05, 0) is 17.7 Å². The number of hydrogen-bond donors (Lipinski definition) is 1. The van der Waals surface area contributed by atoms with Gasteiger partial charge in [-0.15, -0.1) is 10.1 Å². The lowest BCUT2D eigenvalue weighted by Gasteiger charge is -2.33. The van der Waals surface area contributed by atoms with Gasteiger partial charge in [0.05, 0.1) is 12.1 Å². The third kappa shape index (κ3) is 6.65. The van der Waals surface area contributed by atoms with Crippen molar-refractivity contribution in [2.45, 2.75) is 6.61 Å². The number of carboxylic acid groups (broad SMARTS) is 1. The van der Waals surface area contributed by atoms with Crippen LogP contribution in [0.2, 0.25) is 0 Å². The number of benzene rings is 1. The highest BCUT2D eigenvalue weighted by Crippen LogP contribution is 2.08. The van der Waals surface area contributed by atoms with E-state index < -0.39 is 17.0 Å². The van der Waals surface area contributed by atoms with Gasteiger partial charge in [0, 0.05) is 32.7 Å². The fourth-order valence-corrected chi connectivity index (χ4v) is 2.58. The molecule has 1 aliphatic rings. The summed E-state index contributed by atoms with van der Waals surface area (Å²) in [6.45, 7) is 3.51. The largest absolute Gasteiger partial charge is 0.480 e. The van der Waals surface area contributed by atoms with E-state index in [2.05, 4.69) is 9.74 Å². The van der Waals surface area contributed by atoms with Crippen LogP contribution in [0.5, 0.6) is 0 Å². The van der Waals surface area contributed by atoms with Crippen molar-refractivity contribution in [3.63, 3.8) is 0 Å². The summed E-state index contributed by atoms with van der Waals surface area (Å²) < 4.78 is 5.23. The predicted octanol–water partition coefficient (Wildman–Crippen LogP) is 0.254. The first-order chi connectivity index (χ1) is 12.4. The van der Waals surface area contributed by atoms with E-state index in [1.807, 2.05) is 4.90 Å². The van der Waals surface area contributed by atoms with Crippen molar-refractivity contribution in [2.75, 3.05) is 45.9 Å². The quantitative estimate of drug-likeness (QED) is 0.372. The monoisotopic (exact) mass is 367 g/mol. The van der Waals surface area contributed by atoms with Gasteiger partial charge in [-0.25, -0.2) is 4.79 Å². The number of piperazine rings is 1. The third-order valence-electron chi connectivity index (χ3n) is 3.99. The topological polar surface area (TPSA) is 122 Å². The highest BCUT2D eigenvalue weighted by molar-refractivity contribution is 5.89. The van der Waals surface area contributed by atoms with Gasteiger partial charge in [-0.2, -0.15) is 0 Å². The standard InChI is InChI=1S/C16H21N3O7/c20-15(21)11-18-7-5-17(6-8-18)9-10-25-16(22)14-3-1-13(2-4-14)12-26-19(23)24/h1-4H,5-12H2,(H,20,21). The fraction of sp³-hybridized carbons (Fsp3) is 0.500. The molecule has 0 aromatic heterocycles. The van der Waals surface area contributed by atoms with Crippen molar-refractivity contribution in [2.24, 2.45) is 0 Å². The highest BCUT2D eigenvalue weighted by atomic mass is 16.9. The van der Waals surface area contributed by atoms with Crippen LogP contribution in [0.25, 0.3) is 0 Å². The van der Waals surface area contributed by atoms with Crippen LogP contribution in [0.15, 0.2) is 24.3 Å². The summed E-state index contributed by atoms with van der Waals surface area (Å²) in [5.74, 6) is -1.29. The molecule has 0 bridgehead atoms. The molecule has 2 rings (SSSR count). The summed E-state index contributed by atoms with van der Waals surface area (Å²) in [5.41, 5.74) is 0.943. The average molecular weight is 367 g/mol. The average Bonchev–Trinajstić information content (AvgIpc) is 2.61. The van der Waals surface area contributed by atoms with Gasteiger partial charge in [0.1, 0.15) is 13.2 Å². The number of aliphatic carboxylic acids is 1. The molecule has 1 saturated heterocycles. The Balaban J connectivity index is 1.67. The Morgan fingerprint density at radius 2 is 1.73 bits per heavy atom. The number of carbonyl (C=O) groups is 2. The van der Waals surface area contributed by atoms with Crippen LogP contribution >= 0.6 is 0 Å². The Bertz CT molecular complexity index is 627. The molecule has 1 fully saturated rings. The Morgan fingerprint density at radius 1 is 1.12 bits per heavy atom. The lowest BCUT2D eigenvalue weighted by Crippen LogP contribution is -2.48. The van der Waals surface area contributed by atoms with Gasteiger partial charge in [0.2, 0.25) is 0 Å². The number of carboxylic acids is 1. The van der Waals surface area contributed by atoms with E-state index in [1.165, 1.54) is 12.1 Å². The molecule has 142 valence electrons. The van der Waals surface area contributed by atoms with E-state index in [0.717, 1.165) is 13.1 Å². The Kier molecular flexibility index (Phi) is 7.30. The summed E-state index contributed by atoms with van der Waals surface area (Å²) in [4.78, 5) is 41.0. The minimum Gasteiger partial charge on any atom is -0.480 e. The van der Waals surface area contributed by atoms with Gasteiger partial charge < -0.3 is 14.7 Å². The first kappa shape index (κ1) is 19.6. The molecule has 0 radical (unpaired) electrons. The Labute approximate surface area is 150 Å². The zero-order valence-electron chi connectivity index (χ0n) is 14.2. The number of nitrogens with zero attached hydrogens (tertiary/aromatic N) is 3. The molecule has 10 heteroatoms. The molecule has 0 aliphatic carbocycles. The molecule has 0 unspecified atom stereocenters. The van der Waals surface area contributed by atoms with Gasteiger partial charge in [0.15, 0.2) is 0 Å². The summed E-state index contributed by atoms with van der Waals surface area (Å²) >= 11 is 0. The Hall–Kier alpha value is -2.72. The minimum atomic E-state index is -0.871. The van der Waals surface area contributed by atoms with Crippen LogP contribution in [-0.4, -0.2) is 77.8 Å². The minimum absolute atomic E-state index is 0.0471. The molecular weight excluding hydrogens is 346 g/mol. The van der Waals surface area contributed by atoms with Gasteiger partial charge in [0.25, 0.3) is 5.09 Å². The molecule has 1 aromatic rings. The second kappa shape index (κ2) is 9.68. The maximum atomic E-state index is 12.0. The van der Waals surface area contributed by atoms with E-state index >= 15 is 0 Å². The van der Waals surface area contributed by atoms with E-state index in [-0.39, 0.29) is 19.8 Å². The number of rotatable bonds is 9. The third-order valence-corrected chi connectivity index (χ3v) is 3.99. The molecule has 0 saturated carbocycles. The van der Waals surface area contributed by atoms with E-state index in [1.54, 1.807) is 12.1 Å². The van der Waals surface area contributed by atoms with Crippen molar-refractivity contribution < 1.29 is 29.4 Å². The number of esters is 1. The predicted molar refractivity (Wildman–Crippen MR) is 89.0 cm³/mol. The van der Waals surface area contributed by atoms with Crippen molar-refractivity contribution in [1.82, 2.24) is 9.80 Å². The van der Waals surface area contributed by atoms with Crippen LogP contribution in [0, 0.1) is 10.1 Å². The van der Waals surface area contributed by atoms with E-state index in [9.17, 15) is 19.7 Å². The van der Waals surface area contributed by atoms with Crippen LogP contribution in [-0.2, 0) is 21.0 Å². The SMILES string of the molecule is O=C(O)CN1CCN(CCOC(=O)c2ccc(CO[N+](=O)[O-])cc2)CC1. The molecule has 10 nitrogen and oxygen atoms in total. The zero-order valence-corrected chi connectivity index (χ0v) is 14.2. The zero-order chi connectivity index (χ0) is 18.9. The highest BCUT2D eigenvalue weighted by Gasteiger charge is 2.18. The maximum Gasteiger partial charge on any atom is 0.338 e. The second-order valence-corrected chi connectivity index (χ2v) is 5.84. The van der Waals surface area contributed by atoms with Crippen molar-refractivity contribution >= 4 is 11.9 Å². The van der Waals surface area contributed by atoms with Crippen molar-refractivity contribution in [3.05, 3.63) is 45.5 Å². The van der Waals surface area contributed by atoms with Crippen molar-refractivity contribution in [1.29, 1.82) is 0 Å². The fourth-order valence-electron chi connectivity index (χ4n) is 2.58. The normalized spacial score (nSPS) is 15.4. The molecule has 26 heavy (non-hydrogen) atoms. The molecule has 1 N–H and O–H groups in total. The van der Waals surface area contributed by atoms with Gasteiger partial charge >= 0.3 is 11.9 Å². The summed E-state index contributed by atoms with van der Waals surface area (Å²) in [5, 5.41) is 18.0. The second-order valence-electron chi connectivity index (χ2n) is 5.84. The van der Waals surface area contributed by atoms with Crippen LogP contribution in [0.1, 0.15) is 15.9 Å². The first-order valence-corrected chi connectivity index (χ1v) is 8.14. The summed E-state index contributed by atoms with van der Waals surface area (Å²) in [6.07, 6.45) is 0. The molecule has 0 spiro atoms. The molecular formula is C16H21N3O7. The maximum absolute atomic E-state index is 12.0. The molecule has 0 amide bonds. The number of carbonyl (C=O) groups excluding carboxylic acids is 1. The van der Waals surface area contributed by atoms with Crippen molar-refractivity contribution in [3.8, 4) is 0 Å². The number of hydrogen-bond acceptors (Lipinski definition) is 8. The first-order valence-electron chi connectivity index (χ1n) is 8.14. The molecule has 0 atom stereocenters. The van der Waals surface area contributed by atoms with Crippen LogP contribution in [0.3, 0.4) is 0 Å². The summed E-state index contributed by atoms with van der Waals surface area (Å²) in [6, 6.07) is 6.21. The van der Waals surface area contributed by atoms with Crippen LogP contribution < -0.4 is 0 Å². The van der Waals surface area contributed by atoms with E-state index in [0.29, 0.717) is 30.8 Å². The molecule has 1 aliphatic heterocycles. The lowest BCUT2D eigenvalue weighted by atomic mass is 10.1. The van der Waals surface area contributed by atoms with Crippen LogP contribution in [0.4, 0.5) is 0 Å². The molecule has 1 heterocycles. The van der Waals surface area contributed by atoms with E-state index in [4.69, 9.17) is 9.84 Å². The number of ether oxygens (including phenoxy) is 1. The van der Waals surface area contributed by atoms with Gasteiger partial charge in [-0.1, -0.05) is 12.1 Å². The van der Waals surface area contributed by atoms with Gasteiger partial charge in [-0.3, -0.25) is 14.6 Å². The molecule has 1 aromatic carbocycles. The lowest BCUT2D eigenvalue weighted by molar-refractivity contribution is -0.763. The Morgan fingerprint density at radius 3 is 2.31 bits per heavy atom. The smallest absolute Gasteiger partial charge is 0.338 e.